The van der Waals surface area contributed by atoms with Crippen molar-refractivity contribution < 1.29 is 14.3 Å². The second-order valence-electron chi connectivity index (χ2n) is 8.37. The largest absolute Gasteiger partial charge is 0.458 e. The molecule has 5 heteroatoms. The zero-order valence-corrected chi connectivity index (χ0v) is 15.4. The summed E-state index contributed by atoms with van der Waals surface area (Å²) < 4.78 is 5.64. The minimum Gasteiger partial charge on any atom is -0.458 e. The van der Waals surface area contributed by atoms with E-state index in [9.17, 15) is 9.59 Å². The molecule has 1 amide bonds. The van der Waals surface area contributed by atoms with Gasteiger partial charge in [-0.15, -0.1) is 0 Å². The van der Waals surface area contributed by atoms with Crippen LogP contribution in [-0.4, -0.2) is 59.5 Å². The lowest BCUT2D eigenvalue weighted by atomic mass is 9.70. The second kappa shape index (κ2) is 6.75. The number of allylic oxidation sites excluding steroid dienone is 1. The Morgan fingerprint density at radius 1 is 1.16 bits per heavy atom. The van der Waals surface area contributed by atoms with Gasteiger partial charge in [-0.3, -0.25) is 9.69 Å². The van der Waals surface area contributed by atoms with Crippen LogP contribution in [0.5, 0.6) is 0 Å². The highest BCUT2D eigenvalue weighted by atomic mass is 16.5. The van der Waals surface area contributed by atoms with E-state index in [-0.39, 0.29) is 24.0 Å². The molecular weight excluding hydrogens is 316 g/mol. The van der Waals surface area contributed by atoms with Gasteiger partial charge in [-0.05, 0) is 51.5 Å². The molecule has 0 aromatic heterocycles. The first kappa shape index (κ1) is 17.1. The van der Waals surface area contributed by atoms with E-state index in [1.54, 1.807) is 13.0 Å². The molecule has 0 aliphatic carbocycles. The van der Waals surface area contributed by atoms with Crippen LogP contribution in [0.25, 0.3) is 0 Å². The summed E-state index contributed by atoms with van der Waals surface area (Å²) >= 11 is 0. The van der Waals surface area contributed by atoms with Crippen LogP contribution >= 0.6 is 0 Å². The average Bonchev–Trinajstić information content (AvgIpc) is 2.62. The molecule has 4 aliphatic rings. The lowest BCUT2D eigenvalue weighted by Gasteiger charge is -2.57. The van der Waals surface area contributed by atoms with Crippen LogP contribution in [0.2, 0.25) is 0 Å². The molecule has 25 heavy (non-hydrogen) atoms. The molecule has 0 N–H and O–H groups in total. The average molecular weight is 346 g/mol. The molecule has 0 aromatic rings. The molecule has 5 atom stereocenters. The fraction of sp³-hybridized carbons (Fsp3) is 0.800. The molecule has 4 fully saturated rings. The topological polar surface area (TPSA) is 49.9 Å². The Bertz CT molecular complexity index is 587. The minimum atomic E-state index is -0.276. The van der Waals surface area contributed by atoms with Crippen LogP contribution in [0.4, 0.5) is 0 Å². The number of ether oxygens (including phenoxy) is 1. The number of carbonyl (C=O) groups excluding carboxylic acids is 2. The quantitative estimate of drug-likeness (QED) is 0.569. The van der Waals surface area contributed by atoms with Crippen LogP contribution in [0.1, 0.15) is 52.4 Å². The summed E-state index contributed by atoms with van der Waals surface area (Å²) in [7, 11) is 0. The van der Waals surface area contributed by atoms with E-state index < -0.39 is 0 Å². The van der Waals surface area contributed by atoms with Gasteiger partial charge in [-0.25, -0.2) is 4.79 Å². The first-order valence-electron chi connectivity index (χ1n) is 9.94. The Hall–Kier alpha value is -1.36. The number of amides is 1. The molecular formula is C20H30N2O3. The summed E-state index contributed by atoms with van der Waals surface area (Å²) in [6.45, 7) is 6.85. The summed E-state index contributed by atoms with van der Waals surface area (Å²) in [6.07, 6.45) is 7.86. The first-order valence-corrected chi connectivity index (χ1v) is 9.94. The van der Waals surface area contributed by atoms with Crippen LogP contribution in [0.15, 0.2) is 11.6 Å². The van der Waals surface area contributed by atoms with E-state index in [0.717, 1.165) is 19.5 Å². The van der Waals surface area contributed by atoms with Crippen molar-refractivity contribution in [1.82, 2.24) is 9.80 Å². The van der Waals surface area contributed by atoms with Crippen LogP contribution in [0, 0.1) is 11.8 Å². The van der Waals surface area contributed by atoms with E-state index in [1.807, 2.05) is 6.92 Å². The van der Waals surface area contributed by atoms with Gasteiger partial charge in [0.2, 0.25) is 5.91 Å². The lowest BCUT2D eigenvalue weighted by Crippen LogP contribution is -2.65. The van der Waals surface area contributed by atoms with Gasteiger partial charge in [0.15, 0.2) is 0 Å². The molecule has 4 heterocycles. The third kappa shape index (κ3) is 3.12. The standard InChI is InChI=1S/C20H30N2O3/c1-3-13(2)20(24)25-16-9-18-14-8-15(12-22(18)19(23)10-16)17-6-4-5-7-21(17)11-14/h3,14-18H,4-12H2,1-2H3/b13-3+/t14-,15+,16+,17?,18?/m1/s1. The molecule has 0 spiro atoms. The molecule has 4 saturated heterocycles. The molecule has 0 aromatic carbocycles. The Morgan fingerprint density at radius 3 is 2.76 bits per heavy atom. The van der Waals surface area contributed by atoms with Gasteiger partial charge in [0.05, 0.1) is 6.42 Å². The number of hydrogen-bond acceptors (Lipinski definition) is 4. The maximum atomic E-state index is 12.8. The number of piperidine rings is 4. The molecule has 4 rings (SSSR count). The molecule has 2 unspecified atom stereocenters. The smallest absolute Gasteiger partial charge is 0.333 e. The Balaban J connectivity index is 1.47. The van der Waals surface area contributed by atoms with Crippen molar-refractivity contribution in [3.63, 3.8) is 0 Å². The number of rotatable bonds is 2. The third-order valence-electron chi connectivity index (χ3n) is 6.91. The number of nitrogens with zero attached hydrogens (tertiary/aromatic N) is 2. The Morgan fingerprint density at radius 2 is 1.96 bits per heavy atom. The summed E-state index contributed by atoms with van der Waals surface area (Å²) in [5.41, 5.74) is 0.618. The predicted octanol–water partition coefficient (Wildman–Crippen LogP) is 2.36. The zero-order chi connectivity index (χ0) is 17.6. The number of esters is 1. The molecule has 0 radical (unpaired) electrons. The van der Waals surface area contributed by atoms with Crippen molar-refractivity contribution in [3.05, 3.63) is 11.6 Å². The van der Waals surface area contributed by atoms with Gasteiger partial charge in [-0.1, -0.05) is 12.5 Å². The van der Waals surface area contributed by atoms with Gasteiger partial charge < -0.3 is 9.64 Å². The van der Waals surface area contributed by atoms with E-state index in [1.165, 1.54) is 32.2 Å². The maximum Gasteiger partial charge on any atom is 0.333 e. The van der Waals surface area contributed by atoms with Crippen LogP contribution in [-0.2, 0) is 14.3 Å². The predicted molar refractivity (Wildman–Crippen MR) is 94.9 cm³/mol. The number of fused-ring (bicyclic) bond motifs is 6. The van der Waals surface area contributed by atoms with E-state index in [2.05, 4.69) is 9.80 Å². The van der Waals surface area contributed by atoms with Crippen LogP contribution < -0.4 is 0 Å². The molecule has 0 saturated carbocycles. The van der Waals surface area contributed by atoms with E-state index >= 15 is 0 Å². The fourth-order valence-electron chi connectivity index (χ4n) is 5.54. The van der Waals surface area contributed by atoms with Crippen molar-refractivity contribution in [2.24, 2.45) is 11.8 Å². The van der Waals surface area contributed by atoms with Gasteiger partial charge in [0.25, 0.3) is 0 Å². The SMILES string of the molecule is C/C=C(\C)C(=O)O[C@@H]1CC(=O)N2C[C@@H]3C[C@H](CN4CCCCC34)C2C1. The highest BCUT2D eigenvalue weighted by Crippen LogP contribution is 2.43. The third-order valence-corrected chi connectivity index (χ3v) is 6.91. The van der Waals surface area contributed by atoms with Gasteiger partial charge in [0.1, 0.15) is 6.10 Å². The normalized spacial score (nSPS) is 38.8. The van der Waals surface area contributed by atoms with Crippen molar-refractivity contribution in [2.75, 3.05) is 19.6 Å². The Labute approximate surface area is 150 Å². The van der Waals surface area contributed by atoms with Gasteiger partial charge >= 0.3 is 5.97 Å². The monoisotopic (exact) mass is 346 g/mol. The minimum absolute atomic E-state index is 0.186. The summed E-state index contributed by atoms with van der Waals surface area (Å²) in [5.74, 6) is 1.10. The molecule has 4 aliphatic heterocycles. The number of carbonyl (C=O) groups is 2. The summed E-state index contributed by atoms with van der Waals surface area (Å²) in [6, 6.07) is 0.940. The molecule has 5 nitrogen and oxygen atoms in total. The van der Waals surface area contributed by atoms with Crippen molar-refractivity contribution >= 4 is 11.9 Å². The molecule has 2 bridgehead atoms. The first-order chi connectivity index (χ1) is 12.1. The van der Waals surface area contributed by atoms with Gasteiger partial charge in [-0.2, -0.15) is 0 Å². The van der Waals surface area contributed by atoms with Crippen molar-refractivity contribution in [2.45, 2.75) is 70.6 Å². The van der Waals surface area contributed by atoms with E-state index in [4.69, 9.17) is 4.74 Å². The van der Waals surface area contributed by atoms with Crippen LogP contribution in [0.3, 0.4) is 0 Å². The maximum absolute atomic E-state index is 12.8. The summed E-state index contributed by atoms with van der Waals surface area (Å²) in [5, 5.41) is 0. The van der Waals surface area contributed by atoms with Gasteiger partial charge in [0, 0.05) is 37.2 Å². The number of hydrogen-bond donors (Lipinski definition) is 0. The van der Waals surface area contributed by atoms with E-state index in [0.29, 0.717) is 29.9 Å². The fourth-order valence-corrected chi connectivity index (χ4v) is 5.54. The zero-order valence-electron chi connectivity index (χ0n) is 15.4. The highest BCUT2D eigenvalue weighted by Gasteiger charge is 2.50. The lowest BCUT2D eigenvalue weighted by molar-refractivity contribution is -0.163. The Kier molecular flexibility index (Phi) is 4.61. The highest BCUT2D eigenvalue weighted by molar-refractivity contribution is 5.88. The second-order valence-corrected chi connectivity index (χ2v) is 8.37. The van der Waals surface area contributed by atoms with Crippen molar-refractivity contribution in [3.8, 4) is 0 Å². The molecule has 138 valence electrons. The summed E-state index contributed by atoms with van der Waals surface area (Å²) in [4.78, 5) is 29.7. The van der Waals surface area contributed by atoms with Crippen molar-refractivity contribution in [1.29, 1.82) is 0 Å².